The number of carbonyl (C=O) groups excluding carboxylic acids is 1. The molecule has 0 bridgehead atoms. The Labute approximate surface area is 172 Å². The van der Waals surface area contributed by atoms with Gasteiger partial charge in [-0.25, -0.2) is 4.98 Å². The van der Waals surface area contributed by atoms with Gasteiger partial charge in [-0.05, 0) is 37.5 Å². The van der Waals surface area contributed by atoms with Gasteiger partial charge in [0.25, 0.3) is 5.56 Å². The molecule has 1 aromatic carbocycles. The Bertz CT molecular complexity index is 1050. The maximum atomic E-state index is 13.4. The zero-order chi connectivity index (χ0) is 20.3. The largest absolute Gasteiger partial charge is 0.469 e. The van der Waals surface area contributed by atoms with Crippen LogP contribution in [-0.2, 0) is 22.5 Å². The topological polar surface area (TPSA) is 61.2 Å². The van der Waals surface area contributed by atoms with Crippen molar-refractivity contribution in [3.63, 3.8) is 0 Å². The van der Waals surface area contributed by atoms with Crippen LogP contribution in [0, 0.1) is 6.92 Å². The average Bonchev–Trinajstić information content (AvgIpc) is 3.01. The van der Waals surface area contributed by atoms with Crippen LogP contribution in [0.1, 0.15) is 36.9 Å². The number of halogens is 1. The van der Waals surface area contributed by atoms with E-state index in [-0.39, 0.29) is 17.9 Å². The maximum Gasteiger partial charge on any atom is 0.305 e. The van der Waals surface area contributed by atoms with E-state index >= 15 is 0 Å². The van der Waals surface area contributed by atoms with Gasteiger partial charge < -0.3 is 4.74 Å². The maximum absolute atomic E-state index is 13.4. The summed E-state index contributed by atoms with van der Waals surface area (Å²) in [7, 11) is 1.37. The molecule has 0 aliphatic rings. The van der Waals surface area contributed by atoms with Gasteiger partial charge in [-0.1, -0.05) is 30.7 Å². The number of hydrogen-bond acceptors (Lipinski definition) is 5. The summed E-state index contributed by atoms with van der Waals surface area (Å²) in [5.74, 6) is 0.501. The molecule has 2 heterocycles. The predicted octanol–water partition coefficient (Wildman–Crippen LogP) is 4.99. The SMILES string of the molecule is CCCc1nc2sc(C)c(-c3ccc(Cl)cc3)c2c(=O)n1CCCC(=O)OC. The van der Waals surface area contributed by atoms with Crippen molar-refractivity contribution in [2.45, 2.75) is 46.1 Å². The molecular weight excluding hydrogens is 396 g/mol. The van der Waals surface area contributed by atoms with Crippen LogP contribution in [0.2, 0.25) is 5.02 Å². The lowest BCUT2D eigenvalue weighted by molar-refractivity contribution is -0.140. The van der Waals surface area contributed by atoms with Crippen molar-refractivity contribution in [2.24, 2.45) is 0 Å². The van der Waals surface area contributed by atoms with Crippen LogP contribution in [0.15, 0.2) is 29.1 Å². The number of hydrogen-bond donors (Lipinski definition) is 0. The van der Waals surface area contributed by atoms with Crippen molar-refractivity contribution in [3.05, 3.63) is 50.3 Å². The van der Waals surface area contributed by atoms with E-state index in [1.807, 2.05) is 31.2 Å². The summed E-state index contributed by atoms with van der Waals surface area (Å²) in [6, 6.07) is 7.51. The second kappa shape index (κ2) is 8.88. The van der Waals surface area contributed by atoms with E-state index in [2.05, 4.69) is 6.92 Å². The molecule has 0 amide bonds. The molecule has 0 spiro atoms. The van der Waals surface area contributed by atoms with Gasteiger partial charge in [0.05, 0.1) is 12.5 Å². The van der Waals surface area contributed by atoms with Crippen molar-refractivity contribution in [3.8, 4) is 11.1 Å². The molecular formula is C21H23ClN2O3S. The fraction of sp³-hybridized carbons (Fsp3) is 0.381. The number of carbonyl (C=O) groups is 1. The van der Waals surface area contributed by atoms with Gasteiger partial charge in [0.2, 0.25) is 0 Å². The summed E-state index contributed by atoms with van der Waals surface area (Å²) in [6.45, 7) is 4.52. The normalized spacial score (nSPS) is 11.1. The molecule has 0 saturated carbocycles. The van der Waals surface area contributed by atoms with Gasteiger partial charge in [0.1, 0.15) is 10.7 Å². The summed E-state index contributed by atoms with van der Waals surface area (Å²) >= 11 is 7.57. The summed E-state index contributed by atoms with van der Waals surface area (Å²) in [4.78, 5) is 31.5. The molecule has 0 radical (unpaired) electrons. The van der Waals surface area contributed by atoms with Crippen molar-refractivity contribution in [1.29, 1.82) is 0 Å². The number of methoxy groups -OCH3 is 1. The third-order valence-electron chi connectivity index (χ3n) is 4.66. The summed E-state index contributed by atoms with van der Waals surface area (Å²) in [5.41, 5.74) is 1.82. The highest BCUT2D eigenvalue weighted by Gasteiger charge is 2.19. The number of benzene rings is 1. The van der Waals surface area contributed by atoms with E-state index in [1.165, 1.54) is 7.11 Å². The monoisotopic (exact) mass is 418 g/mol. The van der Waals surface area contributed by atoms with E-state index in [4.69, 9.17) is 21.3 Å². The van der Waals surface area contributed by atoms with Gasteiger partial charge in [0, 0.05) is 34.8 Å². The quantitative estimate of drug-likeness (QED) is 0.507. The van der Waals surface area contributed by atoms with E-state index < -0.39 is 0 Å². The molecule has 0 N–H and O–H groups in total. The highest BCUT2D eigenvalue weighted by Crippen LogP contribution is 2.36. The minimum absolute atomic E-state index is 0.0485. The molecule has 0 fully saturated rings. The number of aryl methyl sites for hydroxylation is 2. The molecule has 148 valence electrons. The molecule has 0 unspecified atom stereocenters. The van der Waals surface area contributed by atoms with E-state index in [0.29, 0.717) is 23.4 Å². The van der Waals surface area contributed by atoms with Crippen LogP contribution in [0.3, 0.4) is 0 Å². The fourth-order valence-corrected chi connectivity index (χ4v) is 4.51. The van der Waals surface area contributed by atoms with Gasteiger partial charge in [0.15, 0.2) is 0 Å². The minimum atomic E-state index is -0.271. The van der Waals surface area contributed by atoms with Crippen LogP contribution in [-0.4, -0.2) is 22.6 Å². The lowest BCUT2D eigenvalue weighted by atomic mass is 10.0. The van der Waals surface area contributed by atoms with E-state index in [1.54, 1.807) is 15.9 Å². The van der Waals surface area contributed by atoms with Crippen LogP contribution in [0.25, 0.3) is 21.3 Å². The average molecular weight is 419 g/mol. The molecule has 3 aromatic rings. The Morgan fingerprint density at radius 2 is 2.00 bits per heavy atom. The zero-order valence-electron chi connectivity index (χ0n) is 16.3. The van der Waals surface area contributed by atoms with E-state index in [0.717, 1.165) is 39.5 Å². The summed E-state index contributed by atoms with van der Waals surface area (Å²) < 4.78 is 6.43. The number of ether oxygens (including phenoxy) is 1. The molecule has 0 saturated heterocycles. The first kappa shape index (κ1) is 20.6. The van der Waals surface area contributed by atoms with Crippen molar-refractivity contribution < 1.29 is 9.53 Å². The number of nitrogens with zero attached hydrogens (tertiary/aromatic N) is 2. The Hall–Kier alpha value is -2.18. The van der Waals surface area contributed by atoms with Gasteiger partial charge in [-0.3, -0.25) is 14.2 Å². The number of rotatable bonds is 7. The van der Waals surface area contributed by atoms with Gasteiger partial charge in [-0.15, -0.1) is 11.3 Å². The van der Waals surface area contributed by atoms with Crippen molar-refractivity contribution >= 4 is 39.1 Å². The minimum Gasteiger partial charge on any atom is -0.469 e. The fourth-order valence-electron chi connectivity index (χ4n) is 3.33. The van der Waals surface area contributed by atoms with Crippen LogP contribution < -0.4 is 5.56 Å². The van der Waals surface area contributed by atoms with E-state index in [9.17, 15) is 9.59 Å². The lowest BCUT2D eigenvalue weighted by Gasteiger charge is -2.12. The smallest absolute Gasteiger partial charge is 0.305 e. The number of aromatic nitrogens is 2. The number of esters is 1. The highest BCUT2D eigenvalue weighted by atomic mass is 35.5. The molecule has 5 nitrogen and oxygen atoms in total. The number of fused-ring (bicyclic) bond motifs is 1. The molecule has 0 aliphatic heterocycles. The molecule has 0 aliphatic carbocycles. The van der Waals surface area contributed by atoms with Crippen molar-refractivity contribution in [1.82, 2.24) is 9.55 Å². The van der Waals surface area contributed by atoms with Crippen LogP contribution >= 0.6 is 22.9 Å². The summed E-state index contributed by atoms with van der Waals surface area (Å²) in [5, 5.41) is 1.30. The lowest BCUT2D eigenvalue weighted by Crippen LogP contribution is -2.25. The first-order valence-corrected chi connectivity index (χ1v) is 10.5. The first-order chi connectivity index (χ1) is 13.5. The van der Waals surface area contributed by atoms with Crippen molar-refractivity contribution in [2.75, 3.05) is 7.11 Å². The Morgan fingerprint density at radius 1 is 1.29 bits per heavy atom. The second-order valence-electron chi connectivity index (χ2n) is 6.63. The highest BCUT2D eigenvalue weighted by molar-refractivity contribution is 7.19. The first-order valence-electron chi connectivity index (χ1n) is 9.31. The number of thiophene rings is 1. The Morgan fingerprint density at radius 3 is 2.64 bits per heavy atom. The molecule has 28 heavy (non-hydrogen) atoms. The standard InChI is InChI=1S/C21H23ClN2O3S/c1-4-6-16-23-20-19(21(26)24(16)12-5-7-17(25)27-3)18(13(2)28-20)14-8-10-15(22)11-9-14/h8-11H,4-7,12H2,1-3H3. The Kier molecular flexibility index (Phi) is 6.52. The van der Waals surface area contributed by atoms with Crippen LogP contribution in [0.4, 0.5) is 0 Å². The Balaban J connectivity index is 2.13. The molecule has 3 rings (SSSR count). The van der Waals surface area contributed by atoms with Crippen LogP contribution in [0.5, 0.6) is 0 Å². The molecule has 7 heteroatoms. The molecule has 2 aromatic heterocycles. The van der Waals surface area contributed by atoms with Gasteiger partial charge >= 0.3 is 5.97 Å². The third kappa shape index (κ3) is 4.13. The second-order valence-corrected chi connectivity index (χ2v) is 8.27. The van der Waals surface area contributed by atoms with Gasteiger partial charge in [-0.2, -0.15) is 0 Å². The third-order valence-corrected chi connectivity index (χ3v) is 5.91. The summed E-state index contributed by atoms with van der Waals surface area (Å²) in [6.07, 6.45) is 2.43. The molecule has 0 atom stereocenters. The predicted molar refractivity (Wildman–Crippen MR) is 114 cm³/mol. The zero-order valence-corrected chi connectivity index (χ0v) is 17.8.